The van der Waals surface area contributed by atoms with E-state index in [2.05, 4.69) is 22.7 Å². The lowest BCUT2D eigenvalue weighted by molar-refractivity contribution is -0.140. The van der Waals surface area contributed by atoms with Gasteiger partial charge in [0.25, 0.3) is 0 Å². The third-order valence-electron chi connectivity index (χ3n) is 4.70. The SMILES string of the molecule is CCCCCC(O)CCc1ccncc1CCCCCCC(=O)OC. The van der Waals surface area contributed by atoms with Crippen LogP contribution in [-0.4, -0.2) is 29.3 Å². The van der Waals surface area contributed by atoms with E-state index in [0.29, 0.717) is 6.42 Å². The number of rotatable bonds is 14. The Bertz CT molecular complexity index is 476. The zero-order valence-corrected chi connectivity index (χ0v) is 16.0. The van der Waals surface area contributed by atoms with Gasteiger partial charge in [0, 0.05) is 18.8 Å². The number of ether oxygens (including phenoxy) is 1. The van der Waals surface area contributed by atoms with Crippen molar-refractivity contribution in [2.75, 3.05) is 7.11 Å². The molecule has 0 aromatic carbocycles. The maximum Gasteiger partial charge on any atom is 0.305 e. The number of unbranched alkanes of at least 4 members (excludes halogenated alkanes) is 5. The topological polar surface area (TPSA) is 59.4 Å². The van der Waals surface area contributed by atoms with Crippen molar-refractivity contribution in [1.82, 2.24) is 4.98 Å². The van der Waals surface area contributed by atoms with E-state index in [1.807, 2.05) is 12.4 Å². The summed E-state index contributed by atoms with van der Waals surface area (Å²) >= 11 is 0. The molecule has 4 heteroatoms. The van der Waals surface area contributed by atoms with Crippen LogP contribution in [0.3, 0.4) is 0 Å². The van der Waals surface area contributed by atoms with Gasteiger partial charge < -0.3 is 9.84 Å². The molecule has 1 aromatic rings. The number of esters is 1. The molecule has 4 nitrogen and oxygen atoms in total. The number of hydrogen-bond donors (Lipinski definition) is 1. The number of pyridine rings is 1. The summed E-state index contributed by atoms with van der Waals surface area (Å²) in [5, 5.41) is 10.1. The molecule has 0 bridgehead atoms. The van der Waals surface area contributed by atoms with E-state index in [0.717, 1.165) is 57.8 Å². The van der Waals surface area contributed by atoms with Crippen LogP contribution in [0.4, 0.5) is 0 Å². The smallest absolute Gasteiger partial charge is 0.305 e. The largest absolute Gasteiger partial charge is 0.469 e. The number of aliphatic hydroxyl groups excluding tert-OH is 1. The van der Waals surface area contributed by atoms with Crippen molar-refractivity contribution in [3.05, 3.63) is 29.6 Å². The minimum absolute atomic E-state index is 0.118. The lowest BCUT2D eigenvalue weighted by atomic mass is 9.97. The van der Waals surface area contributed by atoms with E-state index in [1.54, 1.807) is 0 Å². The zero-order chi connectivity index (χ0) is 18.3. The molecule has 0 aliphatic rings. The molecule has 0 aliphatic carbocycles. The molecule has 0 amide bonds. The van der Waals surface area contributed by atoms with Gasteiger partial charge in [-0.1, -0.05) is 39.0 Å². The van der Waals surface area contributed by atoms with Gasteiger partial charge in [0.05, 0.1) is 13.2 Å². The molecule has 1 rings (SSSR count). The van der Waals surface area contributed by atoms with Crippen LogP contribution < -0.4 is 0 Å². The Labute approximate surface area is 153 Å². The second-order valence-electron chi connectivity index (χ2n) is 6.82. The van der Waals surface area contributed by atoms with Crippen molar-refractivity contribution < 1.29 is 14.6 Å². The Hall–Kier alpha value is -1.42. The standard InChI is InChI=1S/C21H35NO3/c1-3-4-7-11-20(23)14-13-18-15-16-22-17-19(18)10-8-5-6-9-12-21(24)25-2/h15-17,20,23H,3-14H2,1-2H3. The van der Waals surface area contributed by atoms with Crippen LogP contribution in [0.5, 0.6) is 0 Å². The van der Waals surface area contributed by atoms with Crippen LogP contribution in [0.25, 0.3) is 0 Å². The fourth-order valence-corrected chi connectivity index (χ4v) is 3.06. The second-order valence-corrected chi connectivity index (χ2v) is 6.82. The highest BCUT2D eigenvalue weighted by molar-refractivity contribution is 5.68. The Kier molecular flexibility index (Phi) is 12.0. The summed E-state index contributed by atoms with van der Waals surface area (Å²) in [6, 6.07) is 2.09. The molecule has 1 unspecified atom stereocenters. The number of carbonyl (C=O) groups excluding carboxylic acids is 1. The number of hydrogen-bond acceptors (Lipinski definition) is 4. The number of nitrogens with zero attached hydrogens (tertiary/aromatic N) is 1. The van der Waals surface area contributed by atoms with Crippen molar-refractivity contribution in [3.8, 4) is 0 Å². The van der Waals surface area contributed by atoms with Crippen LogP contribution in [-0.2, 0) is 22.4 Å². The first-order valence-corrected chi connectivity index (χ1v) is 9.84. The van der Waals surface area contributed by atoms with E-state index >= 15 is 0 Å². The maximum atomic E-state index is 11.1. The maximum absolute atomic E-state index is 11.1. The first kappa shape index (κ1) is 21.6. The summed E-state index contributed by atoms with van der Waals surface area (Å²) in [5.41, 5.74) is 2.62. The van der Waals surface area contributed by atoms with Gasteiger partial charge in [0.1, 0.15) is 0 Å². The highest BCUT2D eigenvalue weighted by Gasteiger charge is 2.08. The number of aliphatic hydroxyl groups is 1. The zero-order valence-electron chi connectivity index (χ0n) is 16.0. The van der Waals surface area contributed by atoms with Gasteiger partial charge in [-0.2, -0.15) is 0 Å². The molecular formula is C21H35NO3. The Morgan fingerprint density at radius 2 is 1.88 bits per heavy atom. The molecular weight excluding hydrogens is 314 g/mol. The highest BCUT2D eigenvalue weighted by Crippen LogP contribution is 2.16. The van der Waals surface area contributed by atoms with Crippen LogP contribution in [0.1, 0.15) is 82.3 Å². The minimum Gasteiger partial charge on any atom is -0.469 e. The van der Waals surface area contributed by atoms with Crippen LogP contribution in [0.15, 0.2) is 18.5 Å². The number of carbonyl (C=O) groups is 1. The molecule has 0 radical (unpaired) electrons. The van der Waals surface area contributed by atoms with Gasteiger partial charge in [0.2, 0.25) is 0 Å². The van der Waals surface area contributed by atoms with Gasteiger partial charge in [0.15, 0.2) is 0 Å². The van der Waals surface area contributed by atoms with Crippen molar-refractivity contribution in [1.29, 1.82) is 0 Å². The van der Waals surface area contributed by atoms with Crippen LogP contribution in [0, 0.1) is 0 Å². The lowest BCUT2D eigenvalue weighted by Gasteiger charge is -2.13. The fourth-order valence-electron chi connectivity index (χ4n) is 3.06. The number of aromatic nitrogens is 1. The number of methoxy groups -OCH3 is 1. The van der Waals surface area contributed by atoms with Crippen molar-refractivity contribution in [2.45, 2.75) is 90.1 Å². The Morgan fingerprint density at radius 1 is 1.08 bits per heavy atom. The number of aryl methyl sites for hydroxylation is 2. The molecule has 0 fully saturated rings. The highest BCUT2D eigenvalue weighted by atomic mass is 16.5. The molecule has 0 aliphatic heterocycles. The predicted molar refractivity (Wildman–Crippen MR) is 102 cm³/mol. The van der Waals surface area contributed by atoms with E-state index in [4.69, 9.17) is 0 Å². The van der Waals surface area contributed by atoms with Gasteiger partial charge >= 0.3 is 5.97 Å². The molecule has 1 heterocycles. The van der Waals surface area contributed by atoms with Crippen LogP contribution in [0.2, 0.25) is 0 Å². The molecule has 0 spiro atoms. The predicted octanol–water partition coefficient (Wildman–Crippen LogP) is 4.62. The summed E-state index contributed by atoms with van der Waals surface area (Å²) < 4.78 is 4.65. The summed E-state index contributed by atoms with van der Waals surface area (Å²) in [6.45, 7) is 2.19. The Morgan fingerprint density at radius 3 is 2.64 bits per heavy atom. The third-order valence-corrected chi connectivity index (χ3v) is 4.70. The Balaban J connectivity index is 2.27. The average molecular weight is 350 g/mol. The summed E-state index contributed by atoms with van der Waals surface area (Å²) in [6.07, 6.45) is 15.5. The van der Waals surface area contributed by atoms with Crippen molar-refractivity contribution in [2.24, 2.45) is 0 Å². The monoisotopic (exact) mass is 349 g/mol. The molecule has 25 heavy (non-hydrogen) atoms. The van der Waals surface area contributed by atoms with E-state index in [-0.39, 0.29) is 12.1 Å². The quantitative estimate of drug-likeness (QED) is 0.393. The van der Waals surface area contributed by atoms with E-state index < -0.39 is 0 Å². The summed E-state index contributed by atoms with van der Waals surface area (Å²) in [7, 11) is 1.44. The van der Waals surface area contributed by atoms with E-state index in [9.17, 15) is 9.90 Å². The molecule has 142 valence electrons. The summed E-state index contributed by atoms with van der Waals surface area (Å²) in [5.74, 6) is -0.118. The minimum atomic E-state index is -0.189. The van der Waals surface area contributed by atoms with Gasteiger partial charge in [-0.05, 0) is 55.7 Å². The second kappa shape index (κ2) is 13.8. The average Bonchev–Trinajstić information content (AvgIpc) is 2.63. The summed E-state index contributed by atoms with van der Waals surface area (Å²) in [4.78, 5) is 15.3. The molecule has 0 saturated carbocycles. The van der Waals surface area contributed by atoms with Crippen molar-refractivity contribution >= 4 is 5.97 Å². The first-order valence-electron chi connectivity index (χ1n) is 9.84. The fraction of sp³-hybridized carbons (Fsp3) is 0.714. The first-order chi connectivity index (χ1) is 12.2. The van der Waals surface area contributed by atoms with E-state index in [1.165, 1.54) is 31.1 Å². The lowest BCUT2D eigenvalue weighted by Crippen LogP contribution is -2.09. The molecule has 1 N–H and O–H groups in total. The molecule has 0 saturated heterocycles. The third kappa shape index (κ3) is 10.2. The van der Waals surface area contributed by atoms with Gasteiger partial charge in [-0.15, -0.1) is 0 Å². The molecule has 1 aromatic heterocycles. The van der Waals surface area contributed by atoms with Gasteiger partial charge in [-0.3, -0.25) is 9.78 Å². The van der Waals surface area contributed by atoms with Gasteiger partial charge in [-0.25, -0.2) is 0 Å². The normalized spacial score (nSPS) is 12.1. The van der Waals surface area contributed by atoms with Crippen molar-refractivity contribution in [3.63, 3.8) is 0 Å². The molecule has 1 atom stereocenters. The van der Waals surface area contributed by atoms with Crippen LogP contribution >= 0.6 is 0 Å².